The van der Waals surface area contributed by atoms with Crippen molar-refractivity contribution in [2.45, 2.75) is 12.8 Å². The largest absolute Gasteiger partial charge is 0.379 e. The summed E-state index contributed by atoms with van der Waals surface area (Å²) in [7, 11) is 0. The van der Waals surface area contributed by atoms with Crippen LogP contribution in [0.3, 0.4) is 0 Å². The lowest BCUT2D eigenvalue weighted by Crippen LogP contribution is -2.47. The van der Waals surface area contributed by atoms with E-state index in [1.165, 1.54) is 0 Å². The Bertz CT molecular complexity index is 295. The minimum atomic E-state index is 0.139. The molecular formula is C14H28N4O2. The van der Waals surface area contributed by atoms with Crippen LogP contribution in [0.2, 0.25) is 0 Å². The van der Waals surface area contributed by atoms with Gasteiger partial charge in [-0.15, -0.1) is 0 Å². The highest BCUT2D eigenvalue weighted by Gasteiger charge is 2.25. The molecule has 1 unspecified atom stereocenters. The summed E-state index contributed by atoms with van der Waals surface area (Å²) in [6, 6.07) is 0. The Hall–Kier alpha value is -0.690. The Morgan fingerprint density at radius 2 is 1.95 bits per heavy atom. The van der Waals surface area contributed by atoms with E-state index in [0.29, 0.717) is 13.1 Å². The molecule has 1 atom stereocenters. The molecule has 2 saturated heterocycles. The molecule has 116 valence electrons. The van der Waals surface area contributed by atoms with Crippen molar-refractivity contribution in [3.05, 3.63) is 0 Å². The summed E-state index contributed by atoms with van der Waals surface area (Å²) in [5.74, 6) is 0.312. The number of amides is 1. The molecule has 2 fully saturated rings. The number of morpholine rings is 1. The van der Waals surface area contributed by atoms with Gasteiger partial charge in [-0.25, -0.2) is 0 Å². The highest BCUT2D eigenvalue weighted by molar-refractivity contribution is 5.78. The molecule has 0 spiro atoms. The smallest absolute Gasteiger partial charge is 0.224 e. The minimum absolute atomic E-state index is 0.139. The molecule has 2 heterocycles. The van der Waals surface area contributed by atoms with Crippen molar-refractivity contribution in [2.24, 2.45) is 11.7 Å². The second-order valence-electron chi connectivity index (χ2n) is 5.67. The minimum Gasteiger partial charge on any atom is -0.379 e. The fourth-order valence-electron chi connectivity index (χ4n) is 2.92. The van der Waals surface area contributed by atoms with Gasteiger partial charge in [0.15, 0.2) is 0 Å². The van der Waals surface area contributed by atoms with E-state index in [1.54, 1.807) is 0 Å². The van der Waals surface area contributed by atoms with E-state index in [2.05, 4.69) is 15.1 Å². The molecule has 2 aliphatic rings. The number of piperidine rings is 1. The van der Waals surface area contributed by atoms with E-state index >= 15 is 0 Å². The quantitative estimate of drug-likeness (QED) is 0.662. The number of rotatable bonds is 6. The third-order valence-corrected chi connectivity index (χ3v) is 4.16. The zero-order chi connectivity index (χ0) is 14.2. The van der Waals surface area contributed by atoms with Crippen LogP contribution in [0.1, 0.15) is 12.8 Å². The second-order valence-corrected chi connectivity index (χ2v) is 5.67. The first-order chi connectivity index (χ1) is 9.79. The van der Waals surface area contributed by atoms with Gasteiger partial charge in [-0.1, -0.05) is 0 Å². The number of ether oxygens (including phenoxy) is 1. The van der Waals surface area contributed by atoms with Gasteiger partial charge in [0, 0.05) is 45.8 Å². The fraction of sp³-hybridized carbons (Fsp3) is 0.929. The number of hydrogen-bond acceptors (Lipinski definition) is 5. The SMILES string of the molecule is NCCNC(=O)C1CCCN(CCN2CCOCC2)C1. The van der Waals surface area contributed by atoms with Crippen LogP contribution in [0.5, 0.6) is 0 Å². The van der Waals surface area contributed by atoms with Crippen LogP contribution in [-0.4, -0.2) is 81.3 Å². The zero-order valence-corrected chi connectivity index (χ0v) is 12.4. The van der Waals surface area contributed by atoms with Crippen molar-refractivity contribution in [2.75, 3.05) is 65.6 Å². The van der Waals surface area contributed by atoms with E-state index in [-0.39, 0.29) is 11.8 Å². The van der Waals surface area contributed by atoms with Crippen LogP contribution in [-0.2, 0) is 9.53 Å². The molecule has 2 aliphatic heterocycles. The summed E-state index contributed by atoms with van der Waals surface area (Å²) in [5, 5.41) is 2.91. The van der Waals surface area contributed by atoms with Gasteiger partial charge in [-0.2, -0.15) is 0 Å². The normalized spacial score (nSPS) is 25.6. The summed E-state index contributed by atoms with van der Waals surface area (Å²) >= 11 is 0. The summed E-state index contributed by atoms with van der Waals surface area (Å²) in [4.78, 5) is 16.9. The van der Waals surface area contributed by atoms with Crippen molar-refractivity contribution in [1.82, 2.24) is 15.1 Å². The van der Waals surface area contributed by atoms with Gasteiger partial charge in [0.2, 0.25) is 5.91 Å². The van der Waals surface area contributed by atoms with Crippen LogP contribution in [0.4, 0.5) is 0 Å². The Morgan fingerprint density at radius 3 is 2.70 bits per heavy atom. The van der Waals surface area contributed by atoms with Gasteiger partial charge < -0.3 is 20.7 Å². The molecule has 6 heteroatoms. The monoisotopic (exact) mass is 284 g/mol. The Morgan fingerprint density at radius 1 is 1.20 bits per heavy atom. The van der Waals surface area contributed by atoms with E-state index in [0.717, 1.165) is 65.3 Å². The average molecular weight is 284 g/mol. The maximum Gasteiger partial charge on any atom is 0.224 e. The van der Waals surface area contributed by atoms with E-state index < -0.39 is 0 Å². The molecular weight excluding hydrogens is 256 g/mol. The van der Waals surface area contributed by atoms with Gasteiger partial charge in [-0.3, -0.25) is 9.69 Å². The van der Waals surface area contributed by atoms with Crippen molar-refractivity contribution < 1.29 is 9.53 Å². The molecule has 0 aliphatic carbocycles. The lowest BCUT2D eigenvalue weighted by molar-refractivity contribution is -0.126. The number of carbonyl (C=O) groups is 1. The molecule has 6 nitrogen and oxygen atoms in total. The van der Waals surface area contributed by atoms with E-state index in [4.69, 9.17) is 10.5 Å². The van der Waals surface area contributed by atoms with Gasteiger partial charge in [0.25, 0.3) is 0 Å². The molecule has 0 aromatic heterocycles. The number of likely N-dealkylation sites (tertiary alicyclic amines) is 1. The molecule has 20 heavy (non-hydrogen) atoms. The molecule has 0 radical (unpaired) electrons. The van der Waals surface area contributed by atoms with Gasteiger partial charge in [0.1, 0.15) is 0 Å². The molecule has 0 bridgehead atoms. The van der Waals surface area contributed by atoms with Crippen LogP contribution >= 0.6 is 0 Å². The molecule has 1 amide bonds. The van der Waals surface area contributed by atoms with Gasteiger partial charge in [-0.05, 0) is 19.4 Å². The second kappa shape index (κ2) is 8.56. The van der Waals surface area contributed by atoms with Crippen LogP contribution < -0.4 is 11.1 Å². The predicted octanol–water partition coefficient (Wildman–Crippen LogP) is -0.894. The summed E-state index contributed by atoms with van der Waals surface area (Å²) in [5.41, 5.74) is 5.42. The topological polar surface area (TPSA) is 70.8 Å². The molecule has 0 saturated carbocycles. The summed E-state index contributed by atoms with van der Waals surface area (Å²) < 4.78 is 5.36. The predicted molar refractivity (Wildman–Crippen MR) is 78.5 cm³/mol. The summed E-state index contributed by atoms with van der Waals surface area (Å²) in [6.07, 6.45) is 2.12. The van der Waals surface area contributed by atoms with Crippen LogP contribution in [0, 0.1) is 5.92 Å². The van der Waals surface area contributed by atoms with Crippen LogP contribution in [0.15, 0.2) is 0 Å². The summed E-state index contributed by atoms with van der Waals surface area (Å²) in [6.45, 7) is 9.02. The highest BCUT2D eigenvalue weighted by atomic mass is 16.5. The fourth-order valence-corrected chi connectivity index (χ4v) is 2.92. The van der Waals surface area contributed by atoms with Gasteiger partial charge in [0.05, 0.1) is 19.1 Å². The standard InChI is InChI=1S/C14H28N4O2/c15-3-4-16-14(19)13-2-1-5-18(12-13)7-6-17-8-10-20-11-9-17/h13H,1-12,15H2,(H,16,19). The van der Waals surface area contributed by atoms with Crippen molar-refractivity contribution in [1.29, 1.82) is 0 Å². The van der Waals surface area contributed by atoms with Crippen molar-refractivity contribution in [3.8, 4) is 0 Å². The van der Waals surface area contributed by atoms with Gasteiger partial charge >= 0.3 is 0 Å². The molecule has 0 aromatic carbocycles. The Kier molecular flexibility index (Phi) is 6.72. The third-order valence-electron chi connectivity index (χ3n) is 4.16. The first-order valence-electron chi connectivity index (χ1n) is 7.80. The van der Waals surface area contributed by atoms with E-state index in [9.17, 15) is 4.79 Å². The number of carbonyl (C=O) groups excluding carboxylic acids is 1. The molecule has 3 N–H and O–H groups in total. The number of nitrogens with two attached hydrogens (primary N) is 1. The number of hydrogen-bond donors (Lipinski definition) is 2. The zero-order valence-electron chi connectivity index (χ0n) is 12.4. The van der Waals surface area contributed by atoms with Crippen molar-refractivity contribution in [3.63, 3.8) is 0 Å². The maximum absolute atomic E-state index is 12.0. The molecule has 0 aromatic rings. The first kappa shape index (κ1) is 15.7. The lowest BCUT2D eigenvalue weighted by Gasteiger charge is -2.34. The first-order valence-corrected chi connectivity index (χ1v) is 7.80. The highest BCUT2D eigenvalue weighted by Crippen LogP contribution is 2.16. The molecule has 2 rings (SSSR count). The Balaban J connectivity index is 1.68. The Labute approximate surface area is 121 Å². The lowest BCUT2D eigenvalue weighted by atomic mass is 9.97. The number of nitrogens with zero attached hydrogens (tertiary/aromatic N) is 2. The maximum atomic E-state index is 12.0. The van der Waals surface area contributed by atoms with Crippen LogP contribution in [0.25, 0.3) is 0 Å². The van der Waals surface area contributed by atoms with E-state index in [1.807, 2.05) is 0 Å². The van der Waals surface area contributed by atoms with Crippen molar-refractivity contribution >= 4 is 5.91 Å². The average Bonchev–Trinajstić information content (AvgIpc) is 2.52. The number of nitrogens with one attached hydrogen (secondary N) is 1. The third kappa shape index (κ3) is 5.01.